The number of amides is 1. The van der Waals surface area contributed by atoms with Crippen LogP contribution in [0.2, 0.25) is 0 Å². The largest absolute Gasteiger partial charge is 0.379 e. The van der Waals surface area contributed by atoms with Crippen LogP contribution in [0.3, 0.4) is 0 Å². The van der Waals surface area contributed by atoms with Crippen molar-refractivity contribution in [2.75, 3.05) is 18.8 Å². The summed E-state index contributed by atoms with van der Waals surface area (Å²) in [6, 6.07) is 8.26. The maximum absolute atomic E-state index is 12.3. The molecule has 0 bridgehead atoms. The molecule has 1 amide bonds. The second-order valence-electron chi connectivity index (χ2n) is 4.56. The highest BCUT2D eigenvalue weighted by molar-refractivity contribution is 5.96. The van der Waals surface area contributed by atoms with E-state index < -0.39 is 0 Å². The normalized spacial score (nSPS) is 14.8. The maximum Gasteiger partial charge on any atom is 0.280 e. The van der Waals surface area contributed by atoms with Crippen LogP contribution in [0.5, 0.6) is 0 Å². The van der Waals surface area contributed by atoms with E-state index in [4.69, 9.17) is 5.73 Å². The number of hydrogen-bond donors (Lipinski definition) is 1. The van der Waals surface area contributed by atoms with E-state index in [0.29, 0.717) is 13.1 Å². The Labute approximate surface area is 110 Å². The van der Waals surface area contributed by atoms with Gasteiger partial charge in [-0.2, -0.15) is 0 Å². The van der Waals surface area contributed by atoms with Crippen molar-refractivity contribution in [1.29, 1.82) is 0 Å². The highest BCUT2D eigenvalue weighted by Crippen LogP contribution is 2.17. The zero-order chi connectivity index (χ0) is 13.2. The molecule has 2 N–H and O–H groups in total. The number of hydrogen-bond acceptors (Lipinski definition) is 5. The Balaban J connectivity index is 1.79. The molecule has 6 heteroatoms. The van der Waals surface area contributed by atoms with Crippen molar-refractivity contribution in [3.63, 3.8) is 0 Å². The lowest BCUT2D eigenvalue weighted by molar-refractivity contribution is 0.0752. The first-order valence-electron chi connectivity index (χ1n) is 6.20. The van der Waals surface area contributed by atoms with Crippen LogP contribution in [0.4, 0.5) is 5.82 Å². The Morgan fingerprint density at radius 3 is 2.32 bits per heavy atom. The third kappa shape index (κ3) is 2.16. The van der Waals surface area contributed by atoms with E-state index in [-0.39, 0.29) is 17.4 Å². The number of nitrogen functional groups attached to an aromatic ring is 1. The van der Waals surface area contributed by atoms with Gasteiger partial charge in [-0.25, -0.2) is 4.63 Å². The van der Waals surface area contributed by atoms with Crippen molar-refractivity contribution in [2.24, 2.45) is 0 Å². The van der Waals surface area contributed by atoms with Gasteiger partial charge in [0.2, 0.25) is 11.5 Å². The van der Waals surface area contributed by atoms with Gasteiger partial charge < -0.3 is 10.6 Å². The Bertz CT molecular complexity index is 581. The van der Waals surface area contributed by atoms with Gasteiger partial charge in [0.25, 0.3) is 5.91 Å². The standard InChI is InChI=1S/C13H14N4O2/c14-12-11(15-19-16-12)13(18)17-7-5-9-3-1-2-4-10(9)6-8-17/h1-4H,5-8H2,(H2,14,16). The van der Waals surface area contributed by atoms with Crippen LogP contribution in [-0.2, 0) is 12.8 Å². The number of aromatic nitrogens is 2. The molecule has 0 saturated carbocycles. The molecular formula is C13H14N4O2. The number of nitrogens with zero attached hydrogens (tertiary/aromatic N) is 3. The fourth-order valence-corrected chi connectivity index (χ4v) is 2.36. The van der Waals surface area contributed by atoms with Crippen molar-refractivity contribution in [2.45, 2.75) is 12.8 Å². The van der Waals surface area contributed by atoms with Crippen LogP contribution in [0, 0.1) is 0 Å². The van der Waals surface area contributed by atoms with Gasteiger partial charge in [-0.3, -0.25) is 4.79 Å². The molecule has 1 aliphatic heterocycles. The second kappa shape index (κ2) is 4.72. The van der Waals surface area contributed by atoms with E-state index >= 15 is 0 Å². The van der Waals surface area contributed by atoms with Crippen LogP contribution in [-0.4, -0.2) is 34.2 Å². The van der Waals surface area contributed by atoms with E-state index in [9.17, 15) is 4.79 Å². The molecule has 0 radical (unpaired) electrons. The molecule has 0 aliphatic carbocycles. The summed E-state index contributed by atoms with van der Waals surface area (Å²) in [5.41, 5.74) is 8.25. The third-order valence-corrected chi connectivity index (χ3v) is 3.42. The van der Waals surface area contributed by atoms with Crippen LogP contribution in [0.15, 0.2) is 28.9 Å². The van der Waals surface area contributed by atoms with Crippen molar-refractivity contribution >= 4 is 11.7 Å². The summed E-state index contributed by atoms with van der Waals surface area (Å²) < 4.78 is 4.48. The summed E-state index contributed by atoms with van der Waals surface area (Å²) >= 11 is 0. The number of carbonyl (C=O) groups is 1. The molecule has 3 rings (SSSR count). The monoisotopic (exact) mass is 258 g/mol. The minimum absolute atomic E-state index is 0.0479. The molecule has 0 saturated heterocycles. The third-order valence-electron chi connectivity index (χ3n) is 3.42. The van der Waals surface area contributed by atoms with Crippen molar-refractivity contribution < 1.29 is 9.42 Å². The molecule has 0 atom stereocenters. The molecule has 6 nitrogen and oxygen atoms in total. The first-order chi connectivity index (χ1) is 9.25. The molecule has 0 fully saturated rings. The predicted octanol–water partition coefficient (Wildman–Crippen LogP) is 0.893. The number of nitrogens with two attached hydrogens (primary N) is 1. The number of benzene rings is 1. The maximum atomic E-state index is 12.3. The average Bonchev–Trinajstić information content (AvgIpc) is 2.74. The zero-order valence-corrected chi connectivity index (χ0v) is 10.4. The molecule has 1 aromatic heterocycles. The molecular weight excluding hydrogens is 244 g/mol. The molecule has 1 aliphatic rings. The number of anilines is 1. The lowest BCUT2D eigenvalue weighted by Crippen LogP contribution is -2.34. The van der Waals surface area contributed by atoms with E-state index in [0.717, 1.165) is 12.8 Å². The summed E-state index contributed by atoms with van der Waals surface area (Å²) in [7, 11) is 0. The Hall–Kier alpha value is -2.37. The number of rotatable bonds is 1. The highest BCUT2D eigenvalue weighted by atomic mass is 16.6. The topological polar surface area (TPSA) is 85.2 Å². The van der Waals surface area contributed by atoms with Gasteiger partial charge in [0, 0.05) is 13.1 Å². The smallest absolute Gasteiger partial charge is 0.280 e. The molecule has 1 aromatic carbocycles. The molecule has 98 valence electrons. The molecule has 0 unspecified atom stereocenters. The van der Waals surface area contributed by atoms with Crippen LogP contribution in [0.25, 0.3) is 0 Å². The minimum atomic E-state index is -0.216. The summed E-state index contributed by atoms with van der Waals surface area (Å²) in [6.45, 7) is 1.31. The summed E-state index contributed by atoms with van der Waals surface area (Å²) in [5.74, 6) is -0.168. The highest BCUT2D eigenvalue weighted by Gasteiger charge is 2.24. The quantitative estimate of drug-likeness (QED) is 0.821. The van der Waals surface area contributed by atoms with Crippen molar-refractivity contribution in [1.82, 2.24) is 15.2 Å². The van der Waals surface area contributed by atoms with Gasteiger partial charge in [0.1, 0.15) is 0 Å². The number of fused-ring (bicyclic) bond motifs is 1. The Morgan fingerprint density at radius 1 is 1.16 bits per heavy atom. The SMILES string of the molecule is Nc1nonc1C(=O)N1CCc2ccccc2CC1. The van der Waals surface area contributed by atoms with Gasteiger partial charge in [0.05, 0.1) is 0 Å². The zero-order valence-electron chi connectivity index (χ0n) is 10.4. The lowest BCUT2D eigenvalue weighted by atomic mass is 10.0. The van der Waals surface area contributed by atoms with Gasteiger partial charge >= 0.3 is 0 Å². The number of carbonyl (C=O) groups excluding carboxylic acids is 1. The molecule has 2 heterocycles. The average molecular weight is 258 g/mol. The predicted molar refractivity (Wildman–Crippen MR) is 68.5 cm³/mol. The molecule has 2 aromatic rings. The Morgan fingerprint density at radius 2 is 1.79 bits per heavy atom. The minimum Gasteiger partial charge on any atom is -0.379 e. The van der Waals surface area contributed by atoms with Gasteiger partial charge in [-0.15, -0.1) is 0 Å². The van der Waals surface area contributed by atoms with Gasteiger partial charge in [0.15, 0.2) is 0 Å². The van der Waals surface area contributed by atoms with E-state index in [1.807, 2.05) is 12.1 Å². The van der Waals surface area contributed by atoms with E-state index in [2.05, 4.69) is 27.1 Å². The summed E-state index contributed by atoms with van der Waals surface area (Å²) in [4.78, 5) is 14.0. The van der Waals surface area contributed by atoms with Crippen LogP contribution >= 0.6 is 0 Å². The first-order valence-corrected chi connectivity index (χ1v) is 6.20. The van der Waals surface area contributed by atoms with Crippen molar-refractivity contribution in [3.8, 4) is 0 Å². The van der Waals surface area contributed by atoms with Crippen LogP contribution in [0.1, 0.15) is 21.6 Å². The Kier molecular flexibility index (Phi) is 2.91. The van der Waals surface area contributed by atoms with E-state index in [1.54, 1.807) is 4.90 Å². The second-order valence-corrected chi connectivity index (χ2v) is 4.56. The molecule has 0 spiro atoms. The summed E-state index contributed by atoms with van der Waals surface area (Å²) in [6.07, 6.45) is 1.68. The van der Waals surface area contributed by atoms with E-state index in [1.165, 1.54) is 11.1 Å². The molecule has 19 heavy (non-hydrogen) atoms. The fraction of sp³-hybridized carbons (Fsp3) is 0.308. The fourth-order valence-electron chi connectivity index (χ4n) is 2.36. The summed E-state index contributed by atoms with van der Waals surface area (Å²) in [5, 5.41) is 7.01. The van der Waals surface area contributed by atoms with Crippen LogP contribution < -0.4 is 5.73 Å². The van der Waals surface area contributed by atoms with Gasteiger partial charge in [-0.05, 0) is 34.3 Å². The first kappa shape index (κ1) is 11.7. The van der Waals surface area contributed by atoms with Crippen molar-refractivity contribution in [3.05, 3.63) is 41.1 Å². The van der Waals surface area contributed by atoms with Gasteiger partial charge in [-0.1, -0.05) is 24.3 Å². The lowest BCUT2D eigenvalue weighted by Gasteiger charge is -2.18.